The molecule has 2 aromatic rings. The van der Waals surface area contributed by atoms with Crippen LogP contribution in [0.15, 0.2) is 48.5 Å². The lowest BCUT2D eigenvalue weighted by Gasteiger charge is -2.32. The van der Waals surface area contributed by atoms with Gasteiger partial charge in [0.2, 0.25) is 0 Å². The maximum Gasteiger partial charge on any atom is 0.261 e. The predicted octanol–water partition coefficient (Wildman–Crippen LogP) is 4.58. The number of nitrogens with zero attached hydrogens (tertiary/aromatic N) is 1. The number of ether oxygens (including phenoxy) is 1. The molecule has 0 saturated carbocycles. The number of amides is 2. The molecule has 6 nitrogen and oxygen atoms in total. The summed E-state index contributed by atoms with van der Waals surface area (Å²) in [6.07, 6.45) is 1.01. The van der Waals surface area contributed by atoms with Crippen LogP contribution in [0.25, 0.3) is 0 Å². The third kappa shape index (κ3) is 4.15. The molecule has 172 valence electrons. The van der Waals surface area contributed by atoms with E-state index in [0.717, 1.165) is 0 Å². The smallest absolute Gasteiger partial charge is 0.261 e. The summed E-state index contributed by atoms with van der Waals surface area (Å²) in [6.45, 7) is 8.30. The molecule has 0 radical (unpaired) electrons. The number of hydrogen-bond donors (Lipinski definition) is 0. The lowest BCUT2D eigenvalue weighted by Crippen LogP contribution is -2.38. The molecule has 1 heterocycles. The number of carbonyl (C=O) groups excluding carboxylic acids is 4. The zero-order chi connectivity index (χ0) is 24.0. The molecule has 1 aliphatic carbocycles. The van der Waals surface area contributed by atoms with Gasteiger partial charge in [0.1, 0.15) is 0 Å². The van der Waals surface area contributed by atoms with E-state index in [0.29, 0.717) is 41.7 Å². The van der Waals surface area contributed by atoms with E-state index < -0.39 is 16.9 Å². The minimum absolute atomic E-state index is 0.120. The number of carbonyl (C=O) groups is 4. The Labute approximate surface area is 193 Å². The molecule has 0 atom stereocenters. The summed E-state index contributed by atoms with van der Waals surface area (Å²) in [5.74, 6) is -1.49. The third-order valence-electron chi connectivity index (χ3n) is 6.82. The molecule has 0 N–H and O–H groups in total. The van der Waals surface area contributed by atoms with Crippen molar-refractivity contribution in [2.24, 2.45) is 11.3 Å². The number of fused-ring (bicyclic) bond motifs is 2. The second kappa shape index (κ2) is 8.34. The molecular formula is C27H29NO5. The van der Waals surface area contributed by atoms with Gasteiger partial charge in [0.15, 0.2) is 11.6 Å². The normalized spacial score (nSPS) is 16.5. The summed E-state index contributed by atoms with van der Waals surface area (Å²) in [4.78, 5) is 52.2. The largest absolute Gasteiger partial charge is 0.375 e. The second-order valence-corrected chi connectivity index (χ2v) is 10.1. The SMILES string of the molecule is CC(C)(CCN1C(=O)c2ccccc2C1=O)OCCC(C)(C)C1C(=O)c2ccccc2C1=O. The van der Waals surface area contributed by atoms with Crippen molar-refractivity contribution in [2.75, 3.05) is 13.2 Å². The number of hydrogen-bond acceptors (Lipinski definition) is 5. The third-order valence-corrected chi connectivity index (χ3v) is 6.82. The molecule has 2 amide bonds. The van der Waals surface area contributed by atoms with Gasteiger partial charge in [-0.3, -0.25) is 24.1 Å². The van der Waals surface area contributed by atoms with Gasteiger partial charge in [0, 0.05) is 24.3 Å². The van der Waals surface area contributed by atoms with Crippen LogP contribution in [0.4, 0.5) is 0 Å². The van der Waals surface area contributed by atoms with Crippen LogP contribution >= 0.6 is 0 Å². The van der Waals surface area contributed by atoms with Gasteiger partial charge in [-0.15, -0.1) is 0 Å². The predicted molar refractivity (Wildman–Crippen MR) is 123 cm³/mol. The van der Waals surface area contributed by atoms with E-state index in [1.165, 1.54) is 4.90 Å². The van der Waals surface area contributed by atoms with Crippen LogP contribution in [-0.2, 0) is 4.74 Å². The van der Waals surface area contributed by atoms with Gasteiger partial charge < -0.3 is 4.74 Å². The maximum atomic E-state index is 12.9. The summed E-state index contributed by atoms with van der Waals surface area (Å²) in [5.41, 5.74) is 0.736. The molecule has 0 saturated heterocycles. The highest BCUT2D eigenvalue weighted by molar-refractivity contribution is 6.26. The molecule has 1 aliphatic heterocycles. The van der Waals surface area contributed by atoms with Gasteiger partial charge in [0.25, 0.3) is 11.8 Å². The Morgan fingerprint density at radius 1 is 0.727 bits per heavy atom. The Morgan fingerprint density at radius 2 is 1.18 bits per heavy atom. The van der Waals surface area contributed by atoms with Crippen molar-refractivity contribution < 1.29 is 23.9 Å². The molecular weight excluding hydrogens is 418 g/mol. The Kier molecular flexibility index (Phi) is 5.83. The van der Waals surface area contributed by atoms with E-state index >= 15 is 0 Å². The Hall–Kier alpha value is -3.12. The van der Waals surface area contributed by atoms with Crippen LogP contribution in [0.2, 0.25) is 0 Å². The maximum absolute atomic E-state index is 12.9. The Morgan fingerprint density at radius 3 is 1.67 bits per heavy atom. The first-order chi connectivity index (χ1) is 15.5. The molecule has 0 bridgehead atoms. The van der Waals surface area contributed by atoms with Crippen LogP contribution in [0, 0.1) is 11.3 Å². The van der Waals surface area contributed by atoms with Gasteiger partial charge >= 0.3 is 0 Å². The van der Waals surface area contributed by atoms with E-state index in [1.807, 2.05) is 27.7 Å². The fourth-order valence-corrected chi connectivity index (χ4v) is 4.68. The van der Waals surface area contributed by atoms with Crippen molar-refractivity contribution in [2.45, 2.75) is 46.1 Å². The zero-order valence-electron chi connectivity index (χ0n) is 19.5. The first kappa shape index (κ1) is 23.1. The van der Waals surface area contributed by atoms with E-state index in [2.05, 4.69) is 0 Å². The van der Waals surface area contributed by atoms with Gasteiger partial charge in [-0.05, 0) is 44.2 Å². The monoisotopic (exact) mass is 447 g/mol. The highest BCUT2D eigenvalue weighted by Crippen LogP contribution is 2.41. The quantitative estimate of drug-likeness (QED) is 0.437. The van der Waals surface area contributed by atoms with E-state index in [4.69, 9.17) is 4.74 Å². The summed E-state index contributed by atoms with van der Waals surface area (Å²) >= 11 is 0. The summed E-state index contributed by atoms with van der Waals surface area (Å²) in [6, 6.07) is 13.8. The average Bonchev–Trinajstić information content (AvgIpc) is 3.17. The first-order valence-electron chi connectivity index (χ1n) is 11.3. The summed E-state index contributed by atoms with van der Waals surface area (Å²) in [7, 11) is 0. The lowest BCUT2D eigenvalue weighted by atomic mass is 9.74. The second-order valence-electron chi connectivity index (χ2n) is 10.1. The van der Waals surface area contributed by atoms with E-state index in [9.17, 15) is 19.2 Å². The number of rotatable bonds is 8. The lowest BCUT2D eigenvalue weighted by molar-refractivity contribution is -0.0392. The van der Waals surface area contributed by atoms with E-state index in [1.54, 1.807) is 48.5 Å². The van der Waals surface area contributed by atoms with Crippen molar-refractivity contribution in [3.8, 4) is 0 Å². The van der Waals surface area contributed by atoms with Crippen LogP contribution in [-0.4, -0.2) is 47.0 Å². The van der Waals surface area contributed by atoms with Crippen LogP contribution in [0.5, 0.6) is 0 Å². The highest BCUT2D eigenvalue weighted by atomic mass is 16.5. The van der Waals surface area contributed by atoms with Gasteiger partial charge in [0.05, 0.1) is 22.6 Å². The van der Waals surface area contributed by atoms with Crippen molar-refractivity contribution in [3.05, 3.63) is 70.8 Å². The molecule has 0 spiro atoms. The van der Waals surface area contributed by atoms with Crippen LogP contribution in [0.3, 0.4) is 0 Å². The topological polar surface area (TPSA) is 80.8 Å². The van der Waals surface area contributed by atoms with Crippen molar-refractivity contribution in [3.63, 3.8) is 0 Å². The minimum atomic E-state index is -0.708. The van der Waals surface area contributed by atoms with Crippen LogP contribution in [0.1, 0.15) is 82.0 Å². The fraction of sp³-hybridized carbons (Fsp3) is 0.407. The molecule has 33 heavy (non-hydrogen) atoms. The number of Topliss-reactive ketones (excluding diaryl/α,β-unsaturated/α-hetero) is 2. The standard InChI is InChI=1S/C27H29NO5/c1-26(2,21-22(29)17-9-5-6-10-18(17)23(21)30)14-16-33-27(3,4)13-15-28-24(31)19-11-7-8-12-20(19)25(28)32/h5-12,21H,13-16H2,1-4H3. The summed E-state index contributed by atoms with van der Waals surface area (Å²) in [5, 5.41) is 0. The van der Waals surface area contributed by atoms with Gasteiger partial charge in [-0.2, -0.15) is 0 Å². The van der Waals surface area contributed by atoms with Gasteiger partial charge in [-0.25, -0.2) is 0 Å². The minimum Gasteiger partial charge on any atom is -0.375 e. The average molecular weight is 448 g/mol. The van der Waals surface area contributed by atoms with Crippen molar-refractivity contribution in [1.29, 1.82) is 0 Å². The van der Waals surface area contributed by atoms with Crippen molar-refractivity contribution >= 4 is 23.4 Å². The van der Waals surface area contributed by atoms with Crippen LogP contribution < -0.4 is 0 Å². The Bertz CT molecular complexity index is 1080. The van der Waals surface area contributed by atoms with E-state index in [-0.39, 0.29) is 29.9 Å². The number of imide groups is 1. The molecule has 0 fully saturated rings. The summed E-state index contributed by atoms with van der Waals surface area (Å²) < 4.78 is 6.11. The van der Waals surface area contributed by atoms with Crippen molar-refractivity contribution in [1.82, 2.24) is 4.90 Å². The zero-order valence-corrected chi connectivity index (χ0v) is 19.5. The highest BCUT2D eigenvalue weighted by Gasteiger charge is 2.47. The molecule has 0 aromatic heterocycles. The Balaban J connectivity index is 1.33. The molecule has 2 aromatic carbocycles. The molecule has 2 aliphatic rings. The first-order valence-corrected chi connectivity index (χ1v) is 11.3. The molecule has 0 unspecified atom stereocenters. The molecule has 4 rings (SSSR count). The fourth-order valence-electron chi connectivity index (χ4n) is 4.68. The number of ketones is 2. The number of benzene rings is 2. The molecule has 6 heteroatoms. The van der Waals surface area contributed by atoms with Gasteiger partial charge in [-0.1, -0.05) is 50.2 Å².